The van der Waals surface area contributed by atoms with E-state index in [1.807, 2.05) is 61.5 Å². The number of amides is 1. The van der Waals surface area contributed by atoms with Crippen molar-refractivity contribution in [2.75, 3.05) is 42.0 Å². The lowest BCUT2D eigenvalue weighted by Gasteiger charge is -2.26. The molecule has 3 rings (SSSR count). The van der Waals surface area contributed by atoms with Crippen LogP contribution in [0.1, 0.15) is 22.1 Å². The predicted molar refractivity (Wildman–Crippen MR) is 122 cm³/mol. The van der Waals surface area contributed by atoms with Crippen molar-refractivity contribution >= 4 is 17.2 Å². The fraction of sp³-hybridized carbons (Fsp3) is 0.304. The highest BCUT2D eigenvalue weighted by Crippen LogP contribution is 2.33. The number of hydrogen-bond acceptors (Lipinski definition) is 7. The number of carbonyl (C=O) groups excluding carboxylic acids is 1. The topological polar surface area (TPSA) is 72.9 Å². The number of ether oxygens (including phenoxy) is 3. The minimum absolute atomic E-state index is 0.0379. The second kappa shape index (κ2) is 10.3. The molecule has 0 aliphatic heterocycles. The van der Waals surface area contributed by atoms with E-state index in [0.717, 1.165) is 21.9 Å². The summed E-state index contributed by atoms with van der Waals surface area (Å²) in [7, 11) is 8.78. The molecule has 1 atom stereocenters. The molecular formula is C23H27N3O4S. The van der Waals surface area contributed by atoms with Gasteiger partial charge >= 0.3 is 0 Å². The van der Waals surface area contributed by atoms with E-state index in [0.29, 0.717) is 23.7 Å². The monoisotopic (exact) mass is 441 g/mol. The molecule has 31 heavy (non-hydrogen) atoms. The Kier molecular flexibility index (Phi) is 7.49. The van der Waals surface area contributed by atoms with Crippen LogP contribution in [-0.2, 0) is 0 Å². The number of nitrogens with one attached hydrogen (secondary N) is 1. The number of aromatic nitrogens is 1. The Morgan fingerprint density at radius 2 is 1.74 bits per heavy atom. The van der Waals surface area contributed by atoms with Crippen molar-refractivity contribution < 1.29 is 19.0 Å². The summed E-state index contributed by atoms with van der Waals surface area (Å²) in [6.07, 6.45) is 0. The van der Waals surface area contributed by atoms with Gasteiger partial charge in [-0.15, -0.1) is 11.3 Å². The maximum atomic E-state index is 12.8. The highest BCUT2D eigenvalue weighted by atomic mass is 32.1. The van der Waals surface area contributed by atoms with Gasteiger partial charge in [-0.05, 0) is 38.4 Å². The third-order valence-corrected chi connectivity index (χ3v) is 5.84. The quantitative estimate of drug-likeness (QED) is 0.544. The zero-order valence-corrected chi connectivity index (χ0v) is 19.2. The van der Waals surface area contributed by atoms with Crippen molar-refractivity contribution in [2.45, 2.75) is 6.04 Å². The molecular weight excluding hydrogens is 414 g/mol. The summed E-state index contributed by atoms with van der Waals surface area (Å²) in [5.41, 5.74) is 2.26. The number of para-hydroxylation sites is 1. The Labute approximate surface area is 186 Å². The normalized spacial score (nSPS) is 11.8. The van der Waals surface area contributed by atoms with Gasteiger partial charge in [-0.25, -0.2) is 4.98 Å². The number of methoxy groups -OCH3 is 3. The molecule has 164 valence electrons. The molecule has 0 fully saturated rings. The molecule has 0 radical (unpaired) electrons. The first kappa shape index (κ1) is 22.6. The third kappa shape index (κ3) is 5.15. The number of carbonyl (C=O) groups is 1. The van der Waals surface area contributed by atoms with Crippen LogP contribution >= 0.6 is 11.3 Å². The van der Waals surface area contributed by atoms with Crippen molar-refractivity contribution in [3.63, 3.8) is 0 Å². The highest BCUT2D eigenvalue weighted by molar-refractivity contribution is 7.13. The fourth-order valence-corrected chi connectivity index (χ4v) is 4.07. The molecule has 1 N–H and O–H groups in total. The summed E-state index contributed by atoms with van der Waals surface area (Å²) < 4.78 is 16.1. The van der Waals surface area contributed by atoms with Gasteiger partial charge in [-0.1, -0.05) is 18.2 Å². The average Bonchev–Trinajstić information content (AvgIpc) is 3.29. The van der Waals surface area contributed by atoms with Crippen LogP contribution in [0.3, 0.4) is 0 Å². The van der Waals surface area contributed by atoms with Gasteiger partial charge in [0.2, 0.25) is 0 Å². The highest BCUT2D eigenvalue weighted by Gasteiger charge is 2.20. The lowest BCUT2D eigenvalue weighted by Crippen LogP contribution is -2.34. The fourth-order valence-electron chi connectivity index (χ4n) is 3.27. The molecule has 1 amide bonds. The Balaban J connectivity index is 1.73. The molecule has 0 unspecified atom stereocenters. The molecule has 8 heteroatoms. The minimum Gasteiger partial charge on any atom is -0.496 e. The number of rotatable bonds is 9. The van der Waals surface area contributed by atoms with Crippen molar-refractivity contribution in [3.05, 3.63) is 59.1 Å². The summed E-state index contributed by atoms with van der Waals surface area (Å²) >= 11 is 1.41. The molecule has 0 aliphatic rings. The largest absolute Gasteiger partial charge is 0.496 e. The SMILES string of the molecule is COc1ccc(-c2nc(C(=O)NC[C@@H](c3ccccc3OC)N(C)C)cs2)cc1OC. The summed E-state index contributed by atoms with van der Waals surface area (Å²) in [6.45, 7) is 0.426. The molecule has 0 aliphatic carbocycles. The predicted octanol–water partition coefficient (Wildman–Crippen LogP) is 3.87. The lowest BCUT2D eigenvalue weighted by molar-refractivity contribution is 0.0937. The lowest BCUT2D eigenvalue weighted by atomic mass is 10.0. The van der Waals surface area contributed by atoms with E-state index in [9.17, 15) is 4.79 Å². The smallest absolute Gasteiger partial charge is 0.270 e. The van der Waals surface area contributed by atoms with Gasteiger partial charge in [0.15, 0.2) is 11.5 Å². The maximum Gasteiger partial charge on any atom is 0.270 e. The molecule has 1 heterocycles. The van der Waals surface area contributed by atoms with Gasteiger partial charge in [0.25, 0.3) is 5.91 Å². The standard InChI is InChI=1S/C23H27N3O4S/c1-26(2)18(16-8-6-7-9-19(16)28-3)13-24-22(27)17-14-31-23(25-17)15-10-11-20(29-4)21(12-15)30-5/h6-12,14,18H,13H2,1-5H3,(H,24,27)/t18-/m0/s1. The summed E-state index contributed by atoms with van der Waals surface area (Å²) in [6, 6.07) is 13.4. The molecule has 1 aromatic heterocycles. The van der Waals surface area contributed by atoms with E-state index in [1.165, 1.54) is 11.3 Å². The number of benzene rings is 2. The summed E-state index contributed by atoms with van der Waals surface area (Å²) in [5.74, 6) is 1.84. The Morgan fingerprint density at radius 1 is 1.03 bits per heavy atom. The second-order valence-electron chi connectivity index (χ2n) is 7.04. The van der Waals surface area contributed by atoms with E-state index in [-0.39, 0.29) is 11.9 Å². The molecule has 7 nitrogen and oxygen atoms in total. The first-order valence-electron chi connectivity index (χ1n) is 9.74. The molecule has 0 spiro atoms. The number of hydrogen-bond donors (Lipinski definition) is 1. The van der Waals surface area contributed by atoms with Crippen LogP contribution in [0.15, 0.2) is 47.8 Å². The van der Waals surface area contributed by atoms with Crippen molar-refractivity contribution in [2.24, 2.45) is 0 Å². The van der Waals surface area contributed by atoms with Gasteiger partial charge < -0.3 is 24.4 Å². The van der Waals surface area contributed by atoms with Crippen LogP contribution in [0.2, 0.25) is 0 Å². The van der Waals surface area contributed by atoms with Crippen LogP contribution in [0.25, 0.3) is 10.6 Å². The molecule has 0 saturated heterocycles. The Hall–Kier alpha value is -3.10. The van der Waals surface area contributed by atoms with Gasteiger partial charge in [0.1, 0.15) is 16.5 Å². The first-order valence-corrected chi connectivity index (χ1v) is 10.6. The minimum atomic E-state index is -0.218. The number of thiazole rings is 1. The Bertz CT molecular complexity index is 1040. The average molecular weight is 442 g/mol. The van der Waals surface area contributed by atoms with Crippen LogP contribution in [-0.4, -0.2) is 57.8 Å². The number of nitrogens with zero attached hydrogens (tertiary/aromatic N) is 2. The van der Waals surface area contributed by atoms with Gasteiger partial charge in [0.05, 0.1) is 27.4 Å². The summed E-state index contributed by atoms with van der Waals surface area (Å²) in [4.78, 5) is 19.3. The zero-order valence-electron chi connectivity index (χ0n) is 18.3. The third-order valence-electron chi connectivity index (χ3n) is 4.94. The zero-order chi connectivity index (χ0) is 22.4. The Morgan fingerprint density at radius 3 is 2.42 bits per heavy atom. The van der Waals surface area contributed by atoms with Gasteiger partial charge in [0, 0.05) is 23.1 Å². The maximum absolute atomic E-state index is 12.8. The first-order chi connectivity index (χ1) is 15.0. The number of likely N-dealkylation sites (N-methyl/N-ethyl adjacent to an activating group) is 1. The van der Waals surface area contributed by atoms with E-state index in [4.69, 9.17) is 14.2 Å². The van der Waals surface area contributed by atoms with E-state index in [2.05, 4.69) is 10.3 Å². The van der Waals surface area contributed by atoms with E-state index in [1.54, 1.807) is 26.7 Å². The summed E-state index contributed by atoms with van der Waals surface area (Å²) in [5, 5.41) is 5.49. The van der Waals surface area contributed by atoms with Gasteiger partial charge in [-0.3, -0.25) is 4.79 Å². The van der Waals surface area contributed by atoms with Crippen LogP contribution < -0.4 is 19.5 Å². The van der Waals surface area contributed by atoms with E-state index < -0.39 is 0 Å². The molecule has 3 aromatic rings. The van der Waals surface area contributed by atoms with Crippen LogP contribution in [0, 0.1) is 0 Å². The van der Waals surface area contributed by atoms with Crippen molar-refractivity contribution in [1.29, 1.82) is 0 Å². The second-order valence-corrected chi connectivity index (χ2v) is 7.90. The van der Waals surface area contributed by atoms with Crippen molar-refractivity contribution in [1.82, 2.24) is 15.2 Å². The van der Waals surface area contributed by atoms with Crippen molar-refractivity contribution in [3.8, 4) is 27.8 Å². The van der Waals surface area contributed by atoms with Crippen LogP contribution in [0.4, 0.5) is 0 Å². The molecule has 2 aromatic carbocycles. The molecule has 0 saturated carbocycles. The molecule has 0 bridgehead atoms. The van der Waals surface area contributed by atoms with Crippen LogP contribution in [0.5, 0.6) is 17.2 Å². The van der Waals surface area contributed by atoms with E-state index >= 15 is 0 Å². The van der Waals surface area contributed by atoms with Gasteiger partial charge in [-0.2, -0.15) is 0 Å².